The van der Waals surface area contributed by atoms with Crippen LogP contribution in [-0.2, 0) is 26.2 Å². The van der Waals surface area contributed by atoms with Crippen LogP contribution in [0.3, 0.4) is 0 Å². The van der Waals surface area contributed by atoms with Gasteiger partial charge < -0.3 is 20.1 Å². The summed E-state index contributed by atoms with van der Waals surface area (Å²) in [6, 6.07) is 40.3. The Labute approximate surface area is 362 Å². The van der Waals surface area contributed by atoms with Crippen molar-refractivity contribution in [3.8, 4) is 45.3 Å². The van der Waals surface area contributed by atoms with Crippen molar-refractivity contribution in [2.45, 2.75) is 0 Å². The summed E-state index contributed by atoms with van der Waals surface area (Å²) in [6.45, 7) is 0. The number of phenols is 3. The van der Waals surface area contributed by atoms with Crippen molar-refractivity contribution in [1.82, 2.24) is 0 Å². The number of rotatable bonds is 3. The Morgan fingerprint density at radius 1 is 0.400 bits per heavy atom. The zero-order chi connectivity index (χ0) is 34.4. The van der Waals surface area contributed by atoms with E-state index in [1.807, 2.05) is 91.0 Å². The molecule has 3 N–H and O–H groups in total. The molecule has 8 rings (SSSR count). The molecule has 0 aliphatic rings. The number of fused-ring (bicyclic) bond motifs is 4. The molecule has 4 nitrogen and oxygen atoms in total. The first-order valence-electron chi connectivity index (χ1n) is 15.2. The van der Waals surface area contributed by atoms with Gasteiger partial charge in [-0.3, -0.25) is 0 Å². The normalized spacial score (nSPS) is 11.0. The second-order valence-electron chi connectivity index (χ2n) is 11.4. The Morgan fingerprint density at radius 2 is 0.660 bits per heavy atom. The van der Waals surface area contributed by atoms with Crippen LogP contribution >= 0.6 is 90.4 Å². The molecule has 246 valence electrons. The van der Waals surface area contributed by atoms with E-state index in [2.05, 4.69) is 121 Å². The molecule has 50 heavy (non-hydrogen) atoms. The maximum atomic E-state index is 11.0. The zero-order valence-electron chi connectivity index (χ0n) is 26.3. The Bertz CT molecular complexity index is 2500. The quantitative estimate of drug-likeness (QED) is 0.154. The van der Waals surface area contributed by atoms with Gasteiger partial charge in [0.1, 0.15) is 23.0 Å². The van der Waals surface area contributed by atoms with E-state index in [1.165, 1.54) is 0 Å². The molecule has 0 amide bonds. The molecule has 0 unspecified atom stereocenters. The maximum absolute atomic E-state index is 11.0. The van der Waals surface area contributed by atoms with Gasteiger partial charge in [0, 0.05) is 48.5 Å². The van der Waals surface area contributed by atoms with Crippen molar-refractivity contribution in [3.05, 3.63) is 136 Å². The fraction of sp³-hybridized carbons (Fsp3) is 0.0244. The molecule has 0 spiro atoms. The fourth-order valence-electron chi connectivity index (χ4n) is 6.41. The number of halogens is 4. The second kappa shape index (κ2) is 15.8. The van der Waals surface area contributed by atoms with Crippen LogP contribution in [0, 0.1) is 14.3 Å². The topological polar surface area (TPSA) is 69.9 Å². The van der Waals surface area contributed by atoms with Crippen LogP contribution in [0.15, 0.2) is 121 Å². The molecule has 0 bridgehead atoms. The van der Waals surface area contributed by atoms with Crippen molar-refractivity contribution in [1.29, 1.82) is 0 Å². The average Bonchev–Trinajstić information content (AvgIpc) is 3.10. The molecule has 0 heterocycles. The summed E-state index contributed by atoms with van der Waals surface area (Å²) in [6.07, 6.45) is 0. The zero-order valence-corrected chi connectivity index (χ0v) is 37.4. The Kier molecular flexibility index (Phi) is 11.9. The van der Waals surface area contributed by atoms with Crippen LogP contribution in [0.25, 0.3) is 65.3 Å². The number of benzene rings is 8. The average molecular weight is 1180 g/mol. The molecule has 0 atom stereocenters. The fourth-order valence-corrected chi connectivity index (χ4v) is 9.05. The van der Waals surface area contributed by atoms with Crippen LogP contribution < -0.4 is 4.74 Å². The molecule has 0 fully saturated rings. The van der Waals surface area contributed by atoms with Gasteiger partial charge in [-0.25, -0.2) is 0 Å². The van der Waals surface area contributed by atoms with Crippen molar-refractivity contribution in [2.24, 2.45) is 0 Å². The van der Waals surface area contributed by atoms with Crippen molar-refractivity contribution < 1.29 is 46.3 Å². The van der Waals surface area contributed by atoms with Gasteiger partial charge in [-0.15, -0.1) is 0 Å². The summed E-state index contributed by atoms with van der Waals surface area (Å²) in [7, 11) is 1.68. The van der Waals surface area contributed by atoms with Gasteiger partial charge in [-0.1, -0.05) is 97.1 Å². The van der Waals surface area contributed by atoms with Gasteiger partial charge in [0.25, 0.3) is 0 Å². The van der Waals surface area contributed by atoms with E-state index in [9.17, 15) is 15.3 Å². The van der Waals surface area contributed by atoms with E-state index >= 15 is 0 Å². The minimum absolute atomic E-state index is 0. The first-order valence-corrected chi connectivity index (χ1v) is 19.5. The first kappa shape index (κ1) is 37.6. The third-order valence-corrected chi connectivity index (χ3v) is 11.9. The second-order valence-corrected chi connectivity index (χ2v) is 16.0. The minimum atomic E-state index is 0. The standard InChI is InChI=1S/C21H14I2O2.C20H12I2O2.Zr/c1-25-21-17(23)11-13-7-3-5-9-15(13)19(21)18-14-8-4-2-6-12(14)10-16(22)20(18)24;21-15-9-11-5-1-3-7-13(11)17(19(15)23)18-14-8-4-2-6-12(14)10-16(22)20(18)24;/h2-11,24H,1H3;1-10,23-24H;. The van der Waals surface area contributed by atoms with Crippen molar-refractivity contribution >= 4 is 133 Å². The molecule has 0 aromatic heterocycles. The molecule has 0 aliphatic carbocycles. The monoisotopic (exact) mass is 1180 g/mol. The van der Waals surface area contributed by atoms with Gasteiger partial charge in [0.2, 0.25) is 0 Å². The summed E-state index contributed by atoms with van der Waals surface area (Å²) in [5.41, 5.74) is 3.14. The third-order valence-electron chi connectivity index (χ3n) is 8.59. The maximum Gasteiger partial charge on any atom is 0.140 e. The van der Waals surface area contributed by atoms with E-state index in [4.69, 9.17) is 4.74 Å². The molecule has 0 saturated carbocycles. The number of hydrogen-bond donors (Lipinski definition) is 3. The van der Waals surface area contributed by atoms with E-state index < -0.39 is 0 Å². The number of hydrogen-bond acceptors (Lipinski definition) is 4. The molecule has 8 aromatic rings. The van der Waals surface area contributed by atoms with Crippen LogP contribution in [0.1, 0.15) is 0 Å². The predicted molar refractivity (Wildman–Crippen MR) is 236 cm³/mol. The van der Waals surface area contributed by atoms with E-state index in [0.717, 1.165) is 74.2 Å². The number of methoxy groups -OCH3 is 1. The summed E-state index contributed by atoms with van der Waals surface area (Å²) in [5.74, 6) is 1.50. The summed E-state index contributed by atoms with van der Waals surface area (Å²) in [5, 5.41) is 40.8. The van der Waals surface area contributed by atoms with Crippen LogP contribution in [0.4, 0.5) is 0 Å². The van der Waals surface area contributed by atoms with E-state index in [1.54, 1.807) is 7.11 Å². The summed E-state index contributed by atoms with van der Waals surface area (Å²) in [4.78, 5) is 0. The van der Waals surface area contributed by atoms with Gasteiger partial charge in [-0.2, -0.15) is 0 Å². The largest absolute Gasteiger partial charge is 0.506 e. The molecule has 0 radical (unpaired) electrons. The summed E-state index contributed by atoms with van der Waals surface area (Å²) < 4.78 is 9.15. The molecular formula is C41H26I4O4Zr. The SMILES string of the molecule is COc1c(I)cc2ccccc2c1-c1c(O)c(I)cc2ccccc12.Oc1c(I)cc2ccccc2c1-c1c(O)c(I)cc2ccccc12.[Zr]. The number of ether oxygens (including phenoxy) is 1. The molecule has 0 aliphatic heterocycles. The molecule has 9 heteroatoms. The molecule has 8 aromatic carbocycles. The van der Waals surface area contributed by atoms with Gasteiger partial charge in [0.05, 0.1) is 21.4 Å². The minimum Gasteiger partial charge on any atom is -0.506 e. The predicted octanol–water partition coefficient (Wildman–Crippen LogP) is 12.9. The van der Waals surface area contributed by atoms with Gasteiger partial charge in [0.15, 0.2) is 0 Å². The Hall–Kier alpha value is -2.20. The smallest absolute Gasteiger partial charge is 0.140 e. The van der Waals surface area contributed by atoms with Crippen molar-refractivity contribution in [2.75, 3.05) is 7.11 Å². The first-order chi connectivity index (χ1) is 23.7. The third kappa shape index (κ3) is 6.86. The Morgan fingerprint density at radius 3 is 0.980 bits per heavy atom. The van der Waals surface area contributed by atoms with Crippen LogP contribution in [-0.4, -0.2) is 22.4 Å². The van der Waals surface area contributed by atoms with Crippen LogP contribution in [0.5, 0.6) is 23.0 Å². The summed E-state index contributed by atoms with van der Waals surface area (Å²) >= 11 is 8.76. The van der Waals surface area contributed by atoms with Gasteiger partial charge >= 0.3 is 0 Å². The molecular weight excluding hydrogens is 1160 g/mol. The van der Waals surface area contributed by atoms with E-state index in [0.29, 0.717) is 16.9 Å². The van der Waals surface area contributed by atoms with Crippen molar-refractivity contribution in [3.63, 3.8) is 0 Å². The number of aromatic hydroxyl groups is 3. The van der Waals surface area contributed by atoms with E-state index in [-0.39, 0.29) is 37.7 Å². The van der Waals surface area contributed by atoms with Crippen LogP contribution in [0.2, 0.25) is 0 Å². The van der Waals surface area contributed by atoms with Gasteiger partial charge in [-0.05, 0) is 158 Å². The Balaban J connectivity index is 0.000000170. The number of phenolic OH excluding ortho intramolecular Hbond substituents is 3. The molecule has 0 saturated heterocycles.